The van der Waals surface area contributed by atoms with Crippen molar-refractivity contribution < 1.29 is 9.18 Å². The van der Waals surface area contributed by atoms with E-state index in [0.29, 0.717) is 33.2 Å². The lowest BCUT2D eigenvalue weighted by Crippen LogP contribution is -2.40. The number of benzene rings is 1. The van der Waals surface area contributed by atoms with Gasteiger partial charge in [-0.1, -0.05) is 17.4 Å². The number of hydrogen-bond acceptors (Lipinski definition) is 7. The molecular weight excluding hydrogens is 387 g/mol. The zero-order valence-electron chi connectivity index (χ0n) is 14.1. The molecule has 0 unspecified atom stereocenters. The minimum absolute atomic E-state index is 0.209. The van der Waals surface area contributed by atoms with Gasteiger partial charge in [-0.25, -0.2) is 14.4 Å². The van der Waals surface area contributed by atoms with Gasteiger partial charge >= 0.3 is 0 Å². The molecule has 1 aliphatic heterocycles. The summed E-state index contributed by atoms with van der Waals surface area (Å²) in [5, 5.41) is 9.64. The first-order valence-corrected chi connectivity index (χ1v) is 9.93. The average Bonchev–Trinajstić information content (AvgIpc) is 3.39. The molecule has 10 heteroatoms. The second-order valence-corrected chi connectivity index (χ2v) is 8.40. The Kier molecular flexibility index (Phi) is 3.76. The van der Waals surface area contributed by atoms with Crippen molar-refractivity contribution in [3.63, 3.8) is 0 Å². The lowest BCUT2D eigenvalue weighted by molar-refractivity contribution is 0.0689. The molecule has 4 aromatic rings. The number of amides is 1. The summed E-state index contributed by atoms with van der Waals surface area (Å²) >= 11 is 2.51. The number of aryl methyl sites for hydroxylation is 1. The van der Waals surface area contributed by atoms with Crippen LogP contribution in [0.1, 0.15) is 37.2 Å². The number of hydrogen-bond donors (Lipinski definition) is 1. The molecule has 0 fully saturated rings. The van der Waals surface area contributed by atoms with Crippen molar-refractivity contribution in [2.45, 2.75) is 19.4 Å². The standard InChI is InChI=1S/C17H13FN6OS2/c1-8-22-23-16(26-8)17(25)24-6-5-10-12(20-7-19-10)13(24)15-21-11-4-2-3-9(18)14(11)27-15/h2-4,7,13H,5-6H2,1H3,(H,19,20)/t13-/m0/s1. The van der Waals surface area contributed by atoms with Gasteiger partial charge in [0.2, 0.25) is 5.01 Å². The fraction of sp³-hybridized carbons (Fsp3) is 0.235. The van der Waals surface area contributed by atoms with Crippen LogP contribution < -0.4 is 0 Å². The van der Waals surface area contributed by atoms with E-state index in [2.05, 4.69) is 25.1 Å². The van der Waals surface area contributed by atoms with Crippen LogP contribution in [0, 0.1) is 12.7 Å². The second kappa shape index (κ2) is 6.17. The molecule has 0 radical (unpaired) electrons. The normalized spacial score (nSPS) is 16.7. The maximum absolute atomic E-state index is 14.2. The van der Waals surface area contributed by atoms with Gasteiger partial charge in [0.1, 0.15) is 21.9 Å². The molecule has 3 aromatic heterocycles. The van der Waals surface area contributed by atoms with Gasteiger partial charge in [0.05, 0.1) is 22.2 Å². The molecule has 5 rings (SSSR count). The number of aromatic amines is 1. The highest BCUT2D eigenvalue weighted by atomic mass is 32.1. The molecule has 0 aliphatic carbocycles. The van der Waals surface area contributed by atoms with Crippen LogP contribution in [0.15, 0.2) is 24.5 Å². The van der Waals surface area contributed by atoms with Crippen molar-refractivity contribution in [1.29, 1.82) is 0 Å². The number of nitrogens with zero attached hydrogens (tertiary/aromatic N) is 5. The van der Waals surface area contributed by atoms with Gasteiger partial charge in [-0.15, -0.1) is 21.5 Å². The molecular formula is C17H13FN6OS2. The Balaban J connectivity index is 1.64. The quantitative estimate of drug-likeness (QED) is 0.559. The third kappa shape index (κ3) is 2.63. The summed E-state index contributed by atoms with van der Waals surface area (Å²) in [5.41, 5.74) is 2.30. The number of H-pyrrole nitrogens is 1. The van der Waals surface area contributed by atoms with E-state index in [1.807, 2.05) is 6.92 Å². The zero-order chi connectivity index (χ0) is 18.5. The molecule has 0 saturated heterocycles. The number of thiazole rings is 1. The van der Waals surface area contributed by atoms with Gasteiger partial charge in [0.15, 0.2) is 0 Å². The maximum Gasteiger partial charge on any atom is 0.285 e. The fourth-order valence-corrected chi connectivity index (χ4v) is 5.04. The van der Waals surface area contributed by atoms with Gasteiger partial charge in [-0.05, 0) is 19.1 Å². The minimum Gasteiger partial charge on any atom is -0.348 e. The summed E-state index contributed by atoms with van der Waals surface area (Å²) in [7, 11) is 0. The number of halogens is 1. The summed E-state index contributed by atoms with van der Waals surface area (Å²) in [4.78, 5) is 27.0. The van der Waals surface area contributed by atoms with Crippen LogP contribution in [-0.2, 0) is 6.42 Å². The van der Waals surface area contributed by atoms with Crippen LogP contribution in [-0.4, -0.2) is 42.5 Å². The smallest absolute Gasteiger partial charge is 0.285 e. The van der Waals surface area contributed by atoms with Crippen molar-refractivity contribution in [3.8, 4) is 0 Å². The first-order chi connectivity index (χ1) is 13.1. The number of rotatable bonds is 2. The van der Waals surface area contributed by atoms with Crippen LogP contribution >= 0.6 is 22.7 Å². The van der Waals surface area contributed by atoms with E-state index < -0.39 is 6.04 Å². The van der Waals surface area contributed by atoms with Crippen molar-refractivity contribution in [2.75, 3.05) is 6.54 Å². The Bertz CT molecular complexity index is 1170. The monoisotopic (exact) mass is 400 g/mol. The van der Waals surface area contributed by atoms with Crippen molar-refractivity contribution in [3.05, 3.63) is 56.8 Å². The van der Waals surface area contributed by atoms with Crippen LogP contribution in [0.25, 0.3) is 10.2 Å². The number of fused-ring (bicyclic) bond motifs is 2. The van der Waals surface area contributed by atoms with Gasteiger partial charge in [-0.2, -0.15) is 0 Å². The van der Waals surface area contributed by atoms with Crippen LogP contribution in [0.3, 0.4) is 0 Å². The summed E-state index contributed by atoms with van der Waals surface area (Å²) < 4.78 is 14.7. The molecule has 1 atom stereocenters. The van der Waals surface area contributed by atoms with E-state index in [4.69, 9.17) is 0 Å². The Morgan fingerprint density at radius 1 is 1.33 bits per heavy atom. The highest BCUT2D eigenvalue weighted by Gasteiger charge is 2.37. The second-order valence-electron chi connectivity index (χ2n) is 6.18. The molecule has 4 heterocycles. The van der Waals surface area contributed by atoms with E-state index >= 15 is 0 Å². The Morgan fingerprint density at radius 3 is 3.00 bits per heavy atom. The number of nitrogens with one attached hydrogen (secondary N) is 1. The van der Waals surface area contributed by atoms with E-state index in [1.54, 1.807) is 23.4 Å². The van der Waals surface area contributed by atoms with E-state index in [0.717, 1.165) is 16.4 Å². The van der Waals surface area contributed by atoms with Crippen molar-refractivity contribution in [2.24, 2.45) is 0 Å². The summed E-state index contributed by atoms with van der Waals surface area (Å²) in [6.45, 7) is 2.31. The SMILES string of the molecule is Cc1nnc(C(=O)N2CCc3[nH]cnc3[C@H]2c2nc3cccc(F)c3s2)s1. The Morgan fingerprint density at radius 2 is 2.22 bits per heavy atom. The zero-order valence-corrected chi connectivity index (χ0v) is 15.8. The van der Waals surface area contributed by atoms with Crippen LogP contribution in [0.2, 0.25) is 0 Å². The Labute approximate surface area is 160 Å². The van der Waals surface area contributed by atoms with Crippen molar-refractivity contribution in [1.82, 2.24) is 30.0 Å². The minimum atomic E-state index is -0.478. The third-order valence-electron chi connectivity index (χ3n) is 4.51. The first-order valence-electron chi connectivity index (χ1n) is 8.30. The van der Waals surface area contributed by atoms with E-state index in [1.165, 1.54) is 28.7 Å². The number of imidazole rings is 1. The molecule has 136 valence electrons. The average molecular weight is 400 g/mol. The molecule has 1 aliphatic rings. The van der Waals surface area contributed by atoms with Crippen LogP contribution in [0.5, 0.6) is 0 Å². The largest absolute Gasteiger partial charge is 0.348 e. The number of carbonyl (C=O) groups excluding carboxylic acids is 1. The summed E-state index contributed by atoms with van der Waals surface area (Å²) in [6, 6.07) is 4.34. The lowest BCUT2D eigenvalue weighted by Gasteiger charge is -2.33. The highest BCUT2D eigenvalue weighted by Crippen LogP contribution is 2.38. The number of aromatic nitrogens is 5. The molecule has 0 saturated carbocycles. The molecule has 1 aromatic carbocycles. The molecule has 0 bridgehead atoms. The molecule has 1 amide bonds. The van der Waals surface area contributed by atoms with Gasteiger partial charge in [0.25, 0.3) is 5.91 Å². The van der Waals surface area contributed by atoms with Crippen LogP contribution in [0.4, 0.5) is 4.39 Å². The van der Waals surface area contributed by atoms with Gasteiger partial charge in [-0.3, -0.25) is 4.79 Å². The highest BCUT2D eigenvalue weighted by molar-refractivity contribution is 7.18. The molecule has 0 spiro atoms. The number of carbonyl (C=O) groups is 1. The first kappa shape index (κ1) is 16.5. The van der Waals surface area contributed by atoms with E-state index in [9.17, 15) is 9.18 Å². The molecule has 27 heavy (non-hydrogen) atoms. The maximum atomic E-state index is 14.2. The van der Waals surface area contributed by atoms with Gasteiger partial charge in [0, 0.05) is 18.7 Å². The van der Waals surface area contributed by atoms with Crippen molar-refractivity contribution >= 4 is 38.8 Å². The third-order valence-corrected chi connectivity index (χ3v) is 6.47. The lowest BCUT2D eigenvalue weighted by atomic mass is 10.0. The predicted molar refractivity (Wildman–Crippen MR) is 99.4 cm³/mol. The topological polar surface area (TPSA) is 87.7 Å². The Hall–Kier alpha value is -2.72. The summed E-state index contributed by atoms with van der Waals surface area (Å²) in [6.07, 6.45) is 2.28. The predicted octanol–water partition coefficient (Wildman–Crippen LogP) is 3.11. The fourth-order valence-electron chi connectivity index (χ4n) is 3.30. The summed E-state index contributed by atoms with van der Waals surface area (Å²) in [5.74, 6) is -0.522. The molecule has 1 N–H and O–H groups in total. The molecule has 7 nitrogen and oxygen atoms in total. The van der Waals surface area contributed by atoms with E-state index in [-0.39, 0.29) is 11.7 Å². The van der Waals surface area contributed by atoms with Gasteiger partial charge < -0.3 is 9.88 Å².